The Balaban J connectivity index is 1.34. The van der Waals surface area contributed by atoms with Crippen molar-refractivity contribution < 1.29 is 39.9 Å². The van der Waals surface area contributed by atoms with Crippen LogP contribution < -0.4 is 33.2 Å². The number of hydrogen-bond acceptors (Lipinski definition) is 14. The van der Waals surface area contributed by atoms with Crippen molar-refractivity contribution in [3.05, 3.63) is 70.5 Å². The number of rotatable bonds is 23. The van der Waals surface area contributed by atoms with Crippen LogP contribution in [0.5, 0.6) is 0 Å². The number of anilines is 2. The van der Waals surface area contributed by atoms with Crippen molar-refractivity contribution in [3.63, 3.8) is 0 Å². The van der Waals surface area contributed by atoms with E-state index in [4.69, 9.17) is 39.3 Å². The molecule has 0 fully saturated rings. The van der Waals surface area contributed by atoms with Crippen LogP contribution in [0, 0.1) is 5.41 Å². The zero-order valence-electron chi connectivity index (χ0n) is 31.9. The van der Waals surface area contributed by atoms with E-state index >= 15 is 0 Å². The molecule has 18 nitrogen and oxygen atoms in total. The molecule has 2 aromatic carbocycles. The van der Waals surface area contributed by atoms with Gasteiger partial charge in [0.15, 0.2) is 28.4 Å². The van der Waals surface area contributed by atoms with Crippen molar-refractivity contribution in [2.45, 2.75) is 81.8 Å². The molecule has 0 saturated heterocycles. The van der Waals surface area contributed by atoms with Gasteiger partial charge in [-0.05, 0) is 73.7 Å². The summed E-state index contributed by atoms with van der Waals surface area (Å²) in [4.78, 5) is 46.5. The number of likely N-dealkylation sites (N-methyl/N-ethyl adjacent to an activating group) is 1. The number of carbonyl (C=O) groups is 3. The van der Waals surface area contributed by atoms with Crippen LogP contribution in [0.1, 0.15) is 60.1 Å². The highest BCUT2D eigenvalue weighted by molar-refractivity contribution is 6.31. The number of amides is 3. The summed E-state index contributed by atoms with van der Waals surface area (Å²) in [6, 6.07) is 15.4. The van der Waals surface area contributed by atoms with Gasteiger partial charge >= 0.3 is 0 Å². The number of nitrogens with two attached hydrogens (primary N) is 3. The van der Waals surface area contributed by atoms with Crippen molar-refractivity contribution in [1.82, 2.24) is 30.8 Å². The number of unbranched alkanes of at least 4 members (excludes halogenated alkanes) is 2. The van der Waals surface area contributed by atoms with Crippen LogP contribution in [0.3, 0.4) is 0 Å². The molecule has 0 aliphatic carbocycles. The number of guanidine groups is 1. The summed E-state index contributed by atoms with van der Waals surface area (Å²) >= 11 is 5.82. The number of hydrogen-bond donors (Lipinski definition) is 12. The summed E-state index contributed by atoms with van der Waals surface area (Å²) in [7, 11) is 1.56. The molecule has 0 aliphatic heterocycles. The fourth-order valence-electron chi connectivity index (χ4n) is 5.87. The Bertz CT molecular complexity index is 1770. The smallest absolute Gasteiger partial charge is 0.280 e. The van der Waals surface area contributed by atoms with E-state index in [2.05, 4.69) is 50.2 Å². The Kier molecular flexibility index (Phi) is 19.0. The van der Waals surface area contributed by atoms with E-state index in [0.717, 1.165) is 41.5 Å². The predicted molar refractivity (Wildman–Crippen MR) is 216 cm³/mol. The first-order valence-corrected chi connectivity index (χ1v) is 19.0. The predicted octanol–water partition coefficient (Wildman–Crippen LogP) is -0.321. The van der Waals surface area contributed by atoms with Gasteiger partial charge < -0.3 is 58.3 Å². The van der Waals surface area contributed by atoms with Gasteiger partial charge in [-0.1, -0.05) is 60.1 Å². The fraction of sp³-hybridized carbons (Fsp3) is 0.474. The molecule has 3 rings (SSSR count). The largest absolute Gasteiger partial charge is 0.394 e. The summed E-state index contributed by atoms with van der Waals surface area (Å²) in [5, 5.41) is 63.8. The van der Waals surface area contributed by atoms with E-state index in [1.165, 1.54) is 4.90 Å². The summed E-state index contributed by atoms with van der Waals surface area (Å²) in [5.74, 6) is -2.02. The molecule has 312 valence electrons. The van der Waals surface area contributed by atoms with Gasteiger partial charge in [-0.3, -0.25) is 25.1 Å². The van der Waals surface area contributed by atoms with E-state index < -0.39 is 48.9 Å². The fourth-order valence-corrected chi connectivity index (χ4v) is 6.00. The van der Waals surface area contributed by atoms with Gasteiger partial charge in [0.2, 0.25) is 11.8 Å². The molecular weight excluding hydrogens is 760 g/mol. The Hall–Kier alpha value is -4.95. The molecule has 1 aromatic heterocycles. The van der Waals surface area contributed by atoms with Gasteiger partial charge in [0.25, 0.3) is 5.91 Å². The Morgan fingerprint density at radius 1 is 0.825 bits per heavy atom. The van der Waals surface area contributed by atoms with Crippen LogP contribution in [0.15, 0.2) is 48.5 Å². The first kappa shape index (κ1) is 46.4. The van der Waals surface area contributed by atoms with Crippen LogP contribution in [0.2, 0.25) is 5.15 Å². The molecule has 0 spiro atoms. The average Bonchev–Trinajstić information content (AvgIpc) is 3.19. The number of aryl methyl sites for hydroxylation is 2. The molecule has 0 unspecified atom stereocenters. The van der Waals surface area contributed by atoms with E-state index in [9.17, 15) is 34.8 Å². The summed E-state index contributed by atoms with van der Waals surface area (Å²) in [5.41, 5.74) is 20.8. The highest BCUT2D eigenvalue weighted by Crippen LogP contribution is 2.22. The molecule has 3 amide bonds. The SMILES string of the molecule is CN(C(=O)CCc1ccc(-c2ccc(CCCCNC(=N)NC(=O)c3nc(Cl)c(N)nc3N)cc2)cc1)[C@@H](CCCCNC[C@H](O)[C@@H](O)[C@H](O)[C@H](O)CO)C(N)=O. The first-order valence-electron chi connectivity index (χ1n) is 18.6. The van der Waals surface area contributed by atoms with E-state index in [-0.39, 0.29) is 47.3 Å². The summed E-state index contributed by atoms with van der Waals surface area (Å²) in [6.45, 7) is 0.0602. The molecule has 0 bridgehead atoms. The summed E-state index contributed by atoms with van der Waals surface area (Å²) in [6.07, 6.45) is -1.70. The first-order chi connectivity index (χ1) is 27.1. The molecule has 19 heteroatoms. The molecule has 0 radical (unpaired) electrons. The Labute approximate surface area is 336 Å². The molecular formula is C38H55ClN10O8. The van der Waals surface area contributed by atoms with Crippen LogP contribution in [0.4, 0.5) is 11.6 Å². The van der Waals surface area contributed by atoms with Gasteiger partial charge in [0, 0.05) is 26.6 Å². The lowest BCUT2D eigenvalue weighted by Gasteiger charge is -2.26. The second-order valence-electron chi connectivity index (χ2n) is 13.7. The van der Waals surface area contributed by atoms with Crippen molar-refractivity contribution in [3.8, 4) is 11.1 Å². The van der Waals surface area contributed by atoms with E-state index in [1.54, 1.807) is 7.05 Å². The number of primary amides is 1. The number of nitrogen functional groups attached to an aromatic ring is 2. The van der Waals surface area contributed by atoms with Crippen LogP contribution in [-0.4, -0.2) is 128 Å². The maximum atomic E-state index is 13.0. The van der Waals surface area contributed by atoms with Gasteiger partial charge in [-0.25, -0.2) is 9.97 Å². The third-order valence-electron chi connectivity index (χ3n) is 9.37. The second-order valence-corrected chi connectivity index (χ2v) is 14.0. The topological polar surface area (TPSA) is 319 Å². The van der Waals surface area contributed by atoms with Gasteiger partial charge in [-0.2, -0.15) is 0 Å². The minimum absolute atomic E-state index is 0.0685. The molecule has 57 heavy (non-hydrogen) atoms. The quantitative estimate of drug-likeness (QED) is 0.0332. The lowest BCUT2D eigenvalue weighted by Crippen LogP contribution is -2.49. The summed E-state index contributed by atoms with van der Waals surface area (Å²) < 4.78 is 0. The molecule has 0 saturated carbocycles. The number of aliphatic hydroxyl groups excluding tert-OH is 5. The minimum Gasteiger partial charge on any atom is -0.394 e. The standard InChI is InChI=1S/C38H55ClN10O8/c1-49(26(36(42)56)7-3-4-18-44-20-27(51)31(54)32(55)28(52)21-50)29(53)17-12-23-10-15-25(16-11-23)24-13-8-22(9-14-24)6-2-5-19-45-38(43)48-37(57)30-34(40)47-35(41)33(39)46-30/h8-11,13-16,26-28,31-32,44,50-52,54-55H,2-7,12,17-21H2,1H3,(H2,42,56)(H4,40,41,47)(H3,43,45,48,57)/t26-,27-,28+,31+,32+/m0/s1. The maximum Gasteiger partial charge on any atom is 0.280 e. The zero-order valence-corrected chi connectivity index (χ0v) is 32.7. The van der Waals surface area contributed by atoms with E-state index in [1.807, 2.05) is 24.3 Å². The van der Waals surface area contributed by atoms with Crippen LogP contribution in [-0.2, 0) is 22.4 Å². The number of carbonyl (C=O) groups excluding carboxylic acids is 3. The number of aliphatic hydroxyl groups is 5. The van der Waals surface area contributed by atoms with Gasteiger partial charge in [0.05, 0.1) is 12.7 Å². The third-order valence-corrected chi connectivity index (χ3v) is 9.65. The van der Waals surface area contributed by atoms with Crippen molar-refractivity contribution in [1.29, 1.82) is 5.41 Å². The van der Waals surface area contributed by atoms with Crippen molar-refractivity contribution in [2.24, 2.45) is 5.73 Å². The molecule has 1 heterocycles. The Morgan fingerprint density at radius 3 is 2.00 bits per heavy atom. The number of nitrogens with zero attached hydrogens (tertiary/aromatic N) is 3. The molecule has 3 aromatic rings. The van der Waals surface area contributed by atoms with Crippen molar-refractivity contribution in [2.75, 3.05) is 44.8 Å². The molecule has 0 aliphatic rings. The number of nitrogens with one attached hydrogen (secondary N) is 4. The van der Waals surface area contributed by atoms with E-state index in [0.29, 0.717) is 38.8 Å². The van der Waals surface area contributed by atoms with Gasteiger partial charge in [0.1, 0.15) is 24.4 Å². The third kappa shape index (κ3) is 14.8. The number of halogens is 1. The molecule has 5 atom stereocenters. The minimum atomic E-state index is -1.70. The average molecular weight is 815 g/mol. The zero-order chi connectivity index (χ0) is 42.1. The lowest BCUT2D eigenvalue weighted by molar-refractivity contribution is -0.138. The van der Waals surface area contributed by atoms with Gasteiger partial charge in [-0.15, -0.1) is 0 Å². The highest BCUT2D eigenvalue weighted by Gasteiger charge is 2.30. The monoisotopic (exact) mass is 814 g/mol. The number of benzene rings is 2. The van der Waals surface area contributed by atoms with Crippen molar-refractivity contribution >= 4 is 46.9 Å². The van der Waals surface area contributed by atoms with Crippen LogP contribution in [0.25, 0.3) is 11.1 Å². The lowest BCUT2D eigenvalue weighted by atomic mass is 9.99. The normalized spacial score (nSPS) is 13.9. The number of aromatic nitrogens is 2. The highest BCUT2D eigenvalue weighted by atomic mass is 35.5. The second kappa shape index (κ2) is 23.3. The molecule has 15 N–H and O–H groups in total. The maximum absolute atomic E-state index is 13.0. The van der Waals surface area contributed by atoms with Crippen LogP contribution >= 0.6 is 11.6 Å². The Morgan fingerprint density at radius 2 is 1.40 bits per heavy atom.